The van der Waals surface area contributed by atoms with Crippen LogP contribution in [0.4, 0.5) is 0 Å². The lowest BCUT2D eigenvalue weighted by Gasteiger charge is -2.35. The third kappa shape index (κ3) is 4.46. The highest BCUT2D eigenvalue weighted by Gasteiger charge is 2.33. The zero-order chi connectivity index (χ0) is 26.7. The topological polar surface area (TPSA) is 35.6 Å². The Bertz CT molecular complexity index is 1560. The summed E-state index contributed by atoms with van der Waals surface area (Å²) in [6.45, 7) is 0. The Morgan fingerprint density at radius 1 is 0.425 bits per heavy atom. The molecule has 40 heavy (non-hydrogen) atoms. The number of imidazole rings is 2. The molecule has 4 aromatic carbocycles. The van der Waals surface area contributed by atoms with Gasteiger partial charge in [-0.1, -0.05) is 134 Å². The highest BCUT2D eigenvalue weighted by atomic mass is 15.2. The fraction of sp³-hybridized carbons (Fsp3) is 0.167. The molecule has 0 spiro atoms. The first-order valence-corrected chi connectivity index (χ1v) is 14.2. The maximum absolute atomic E-state index is 5.04. The molecule has 0 unspecified atom stereocenters. The third-order valence-electron chi connectivity index (χ3n) is 8.18. The van der Waals surface area contributed by atoms with E-state index in [9.17, 15) is 0 Å². The summed E-state index contributed by atoms with van der Waals surface area (Å²) < 4.78 is 4.91. The number of benzene rings is 4. The van der Waals surface area contributed by atoms with Crippen molar-refractivity contribution in [3.63, 3.8) is 0 Å². The van der Waals surface area contributed by atoms with Gasteiger partial charge in [0.05, 0.1) is 47.5 Å². The van der Waals surface area contributed by atoms with Crippen LogP contribution in [0.15, 0.2) is 134 Å². The van der Waals surface area contributed by atoms with Crippen molar-refractivity contribution in [2.24, 2.45) is 0 Å². The number of nitrogens with zero attached hydrogens (tertiary/aromatic N) is 4. The van der Waals surface area contributed by atoms with Gasteiger partial charge in [0.1, 0.15) is 0 Å². The van der Waals surface area contributed by atoms with E-state index in [1.807, 2.05) is 0 Å². The molecule has 196 valence electrons. The predicted octanol–water partition coefficient (Wildman–Crippen LogP) is 9.10. The molecule has 7 rings (SSSR count). The van der Waals surface area contributed by atoms with Crippen LogP contribution in [0.1, 0.15) is 37.8 Å². The molecule has 0 bridgehead atoms. The molecular formula is C36H32N4. The molecule has 0 aliphatic heterocycles. The van der Waals surface area contributed by atoms with Crippen molar-refractivity contribution < 1.29 is 0 Å². The van der Waals surface area contributed by atoms with Crippen LogP contribution in [-0.2, 0) is 0 Å². The number of hydrogen-bond donors (Lipinski definition) is 0. The van der Waals surface area contributed by atoms with Crippen molar-refractivity contribution in [1.82, 2.24) is 19.1 Å². The van der Waals surface area contributed by atoms with Gasteiger partial charge in [0.15, 0.2) is 0 Å². The lowest BCUT2D eigenvalue weighted by Crippen LogP contribution is -2.26. The van der Waals surface area contributed by atoms with Crippen molar-refractivity contribution in [1.29, 1.82) is 0 Å². The highest BCUT2D eigenvalue weighted by Crippen LogP contribution is 2.45. The van der Waals surface area contributed by atoms with Crippen molar-refractivity contribution in [2.75, 3.05) is 0 Å². The van der Waals surface area contributed by atoms with Crippen molar-refractivity contribution >= 4 is 0 Å². The van der Waals surface area contributed by atoms with E-state index in [1.165, 1.54) is 35.4 Å². The summed E-state index contributed by atoms with van der Waals surface area (Å²) in [7, 11) is 0. The minimum Gasteiger partial charge on any atom is -0.325 e. The van der Waals surface area contributed by atoms with Gasteiger partial charge in [-0.25, -0.2) is 9.97 Å². The molecule has 1 saturated carbocycles. The predicted molar refractivity (Wildman–Crippen MR) is 163 cm³/mol. The maximum atomic E-state index is 5.04. The second-order valence-electron chi connectivity index (χ2n) is 10.6. The Balaban J connectivity index is 1.40. The standard InChI is InChI=1S/C36H32N4/c1-5-15-27(16-6-1)33-35(29-19-9-3-10-20-29)39(25-37-33)31-23-13-14-24-32(31)40-26-38-34(28-17-7-2-8-18-28)36(40)30-21-11-4-12-22-30/h1-12,15-22,25-26,31-32H,13-14,23-24H2/t31-,32-/m0/s1. The molecule has 4 heteroatoms. The first-order valence-electron chi connectivity index (χ1n) is 14.2. The largest absolute Gasteiger partial charge is 0.325 e. The minimum atomic E-state index is 0.259. The summed E-state index contributed by atoms with van der Waals surface area (Å²) in [5.74, 6) is 0. The second kappa shape index (κ2) is 10.8. The molecule has 2 atom stereocenters. The number of aromatic nitrogens is 4. The average molecular weight is 521 g/mol. The molecule has 2 heterocycles. The lowest BCUT2D eigenvalue weighted by molar-refractivity contribution is 0.243. The average Bonchev–Trinajstić information content (AvgIpc) is 3.68. The summed E-state index contributed by atoms with van der Waals surface area (Å²) in [5, 5.41) is 0. The number of rotatable bonds is 6. The van der Waals surface area contributed by atoms with E-state index in [0.717, 1.165) is 35.4 Å². The van der Waals surface area contributed by atoms with Gasteiger partial charge >= 0.3 is 0 Å². The van der Waals surface area contributed by atoms with Gasteiger partial charge in [0.25, 0.3) is 0 Å². The lowest BCUT2D eigenvalue weighted by atomic mass is 9.88. The Hall–Kier alpha value is -4.70. The van der Waals surface area contributed by atoms with E-state index >= 15 is 0 Å². The van der Waals surface area contributed by atoms with Crippen LogP contribution in [0, 0.1) is 0 Å². The van der Waals surface area contributed by atoms with Crippen molar-refractivity contribution in [3.8, 4) is 45.0 Å². The van der Waals surface area contributed by atoms with Crippen LogP contribution in [-0.4, -0.2) is 19.1 Å². The van der Waals surface area contributed by atoms with Crippen LogP contribution in [0.3, 0.4) is 0 Å². The van der Waals surface area contributed by atoms with Gasteiger partial charge < -0.3 is 9.13 Å². The van der Waals surface area contributed by atoms with Gasteiger partial charge in [-0.05, 0) is 12.8 Å². The molecule has 0 amide bonds. The molecule has 0 saturated heterocycles. The van der Waals surface area contributed by atoms with Crippen LogP contribution in [0.5, 0.6) is 0 Å². The Labute approximate surface area is 235 Å². The van der Waals surface area contributed by atoms with Crippen LogP contribution < -0.4 is 0 Å². The minimum absolute atomic E-state index is 0.259. The molecule has 6 aromatic rings. The maximum Gasteiger partial charge on any atom is 0.0963 e. The van der Waals surface area contributed by atoms with Gasteiger partial charge in [0.2, 0.25) is 0 Å². The Morgan fingerprint density at radius 3 is 1.10 bits per heavy atom. The van der Waals surface area contributed by atoms with Crippen LogP contribution in [0.2, 0.25) is 0 Å². The smallest absolute Gasteiger partial charge is 0.0963 e. The van der Waals surface area contributed by atoms with E-state index in [1.54, 1.807) is 0 Å². The molecular weight excluding hydrogens is 488 g/mol. The molecule has 0 N–H and O–H groups in total. The summed E-state index contributed by atoms with van der Waals surface area (Å²) >= 11 is 0. The van der Waals surface area contributed by atoms with Crippen molar-refractivity contribution in [3.05, 3.63) is 134 Å². The van der Waals surface area contributed by atoms with E-state index < -0.39 is 0 Å². The van der Waals surface area contributed by atoms with Gasteiger partial charge in [0, 0.05) is 22.3 Å². The Morgan fingerprint density at radius 2 is 0.750 bits per heavy atom. The molecule has 2 aromatic heterocycles. The summed E-state index contributed by atoms with van der Waals surface area (Å²) in [5.41, 5.74) is 9.13. The van der Waals surface area contributed by atoms with E-state index in [2.05, 4.69) is 143 Å². The molecule has 1 aliphatic carbocycles. The quantitative estimate of drug-likeness (QED) is 0.219. The second-order valence-corrected chi connectivity index (χ2v) is 10.6. The fourth-order valence-electron chi connectivity index (χ4n) is 6.34. The first kappa shape index (κ1) is 24.3. The molecule has 1 aliphatic rings. The Kier molecular flexibility index (Phi) is 6.58. The molecule has 4 nitrogen and oxygen atoms in total. The van der Waals surface area contributed by atoms with E-state index in [0.29, 0.717) is 0 Å². The third-order valence-corrected chi connectivity index (χ3v) is 8.18. The summed E-state index contributed by atoms with van der Waals surface area (Å²) in [4.78, 5) is 10.1. The first-order chi connectivity index (χ1) is 19.9. The zero-order valence-corrected chi connectivity index (χ0v) is 22.5. The van der Waals surface area contributed by atoms with E-state index in [-0.39, 0.29) is 12.1 Å². The normalized spacial score (nSPS) is 17.1. The van der Waals surface area contributed by atoms with Crippen molar-refractivity contribution in [2.45, 2.75) is 37.8 Å². The van der Waals surface area contributed by atoms with Crippen LogP contribution in [0.25, 0.3) is 45.0 Å². The molecule has 0 radical (unpaired) electrons. The van der Waals surface area contributed by atoms with Gasteiger partial charge in [-0.15, -0.1) is 0 Å². The zero-order valence-electron chi connectivity index (χ0n) is 22.5. The monoisotopic (exact) mass is 520 g/mol. The highest BCUT2D eigenvalue weighted by molar-refractivity contribution is 5.80. The molecule has 1 fully saturated rings. The van der Waals surface area contributed by atoms with Crippen LogP contribution >= 0.6 is 0 Å². The summed E-state index contributed by atoms with van der Waals surface area (Å²) in [6.07, 6.45) is 8.75. The van der Waals surface area contributed by atoms with E-state index in [4.69, 9.17) is 9.97 Å². The SMILES string of the molecule is c1ccc(-c2ncn([C@H]3CCCC[C@@H]3n3cnc(-c4ccccc4)c3-c3ccccc3)c2-c2ccccc2)cc1. The fourth-order valence-corrected chi connectivity index (χ4v) is 6.34. The van der Waals surface area contributed by atoms with Gasteiger partial charge in [-0.3, -0.25) is 0 Å². The number of hydrogen-bond acceptors (Lipinski definition) is 2. The summed E-state index contributed by atoms with van der Waals surface area (Å²) in [6, 6.07) is 43.1. The van der Waals surface area contributed by atoms with Gasteiger partial charge in [-0.2, -0.15) is 0 Å².